The Kier molecular flexibility index (Phi) is 5.75. The van der Waals surface area contributed by atoms with Gasteiger partial charge in [-0.2, -0.15) is 0 Å². The molecule has 33 heavy (non-hydrogen) atoms. The first-order valence-electron chi connectivity index (χ1n) is 10.5. The summed E-state index contributed by atoms with van der Waals surface area (Å²) in [4.78, 5) is 12.6. The quantitative estimate of drug-likeness (QED) is 0.250. The van der Waals surface area contributed by atoms with Crippen LogP contribution in [0.1, 0.15) is 0 Å². The van der Waals surface area contributed by atoms with E-state index in [-0.39, 0.29) is 20.4 Å². The molecule has 3 aromatic heterocycles. The molecular weight excluding hydrogens is 501 g/mol. The number of benzene rings is 3. The van der Waals surface area contributed by atoms with Crippen LogP contribution in [0.25, 0.3) is 44.3 Å². The van der Waals surface area contributed by atoms with Gasteiger partial charge in [-0.15, -0.1) is 0 Å². The normalized spacial score (nSPS) is 10.8. The minimum Gasteiger partial charge on any atom is -0.457 e. The molecule has 0 spiro atoms. The summed E-state index contributed by atoms with van der Waals surface area (Å²) in [5.41, 5.74) is 5.99. The molecule has 0 aliphatic carbocycles. The fourth-order valence-electron chi connectivity index (χ4n) is 4.10. The SMILES string of the molecule is [Pd].c1ccc(-c2cccc(Oc3cc(-c4ccccn4)c4[nH]c5ccccc5c4c3)c2)nc1. The summed E-state index contributed by atoms with van der Waals surface area (Å²) < 4.78 is 6.36. The van der Waals surface area contributed by atoms with Crippen molar-refractivity contribution in [3.05, 3.63) is 109 Å². The van der Waals surface area contributed by atoms with Gasteiger partial charge in [0.25, 0.3) is 0 Å². The Hall–Kier alpha value is -3.78. The van der Waals surface area contributed by atoms with Crippen molar-refractivity contribution in [2.24, 2.45) is 0 Å². The predicted octanol–water partition coefficient (Wildman–Crippen LogP) is 7.23. The summed E-state index contributed by atoms with van der Waals surface area (Å²) in [6.45, 7) is 0. The molecule has 3 heterocycles. The van der Waals surface area contributed by atoms with E-state index in [4.69, 9.17) is 4.74 Å². The molecule has 0 bridgehead atoms. The summed E-state index contributed by atoms with van der Waals surface area (Å²) >= 11 is 0. The molecule has 0 aliphatic rings. The molecule has 6 rings (SSSR count). The van der Waals surface area contributed by atoms with Gasteiger partial charge >= 0.3 is 0 Å². The van der Waals surface area contributed by atoms with Crippen LogP contribution in [0.5, 0.6) is 11.5 Å². The van der Waals surface area contributed by atoms with Gasteiger partial charge < -0.3 is 9.72 Å². The van der Waals surface area contributed by atoms with Gasteiger partial charge in [-0.25, -0.2) is 0 Å². The number of fused-ring (bicyclic) bond motifs is 3. The molecular formula is C28H19N3OPd. The monoisotopic (exact) mass is 519 g/mol. The van der Waals surface area contributed by atoms with Gasteiger partial charge in [0.2, 0.25) is 0 Å². The third-order valence-electron chi connectivity index (χ3n) is 5.56. The summed E-state index contributed by atoms with van der Waals surface area (Å²) in [5, 5.41) is 2.27. The topological polar surface area (TPSA) is 50.8 Å². The van der Waals surface area contributed by atoms with Gasteiger partial charge in [0.1, 0.15) is 11.5 Å². The largest absolute Gasteiger partial charge is 0.457 e. The second-order valence-corrected chi connectivity index (χ2v) is 7.62. The van der Waals surface area contributed by atoms with E-state index in [1.54, 1.807) is 6.20 Å². The molecule has 162 valence electrons. The van der Waals surface area contributed by atoms with Crippen LogP contribution < -0.4 is 4.74 Å². The Morgan fingerprint density at radius 1 is 0.606 bits per heavy atom. The number of pyridine rings is 2. The van der Waals surface area contributed by atoms with Crippen molar-refractivity contribution in [3.8, 4) is 34.0 Å². The van der Waals surface area contributed by atoms with Gasteiger partial charge in [-0.1, -0.05) is 42.5 Å². The molecule has 6 aromatic rings. The van der Waals surface area contributed by atoms with E-state index in [0.29, 0.717) is 0 Å². The van der Waals surface area contributed by atoms with Crippen molar-refractivity contribution in [3.63, 3.8) is 0 Å². The minimum absolute atomic E-state index is 0. The van der Waals surface area contributed by atoms with Crippen LogP contribution in [-0.2, 0) is 20.4 Å². The molecule has 0 unspecified atom stereocenters. The molecule has 4 nitrogen and oxygen atoms in total. The number of para-hydroxylation sites is 1. The standard InChI is InChI=1S/C28H19N3O.Pd/c1-2-13-27-22(10-1)23-17-21(18-24(28(23)31-27)26-12-4-6-15-30-26)32-20-9-7-8-19(16-20)25-11-3-5-14-29-25;/h1-18,31H;. The number of rotatable bonds is 4. The van der Waals surface area contributed by atoms with Crippen LogP contribution >= 0.6 is 0 Å². The number of nitrogens with zero attached hydrogens (tertiary/aromatic N) is 2. The fourth-order valence-corrected chi connectivity index (χ4v) is 4.10. The number of hydrogen-bond acceptors (Lipinski definition) is 3. The van der Waals surface area contributed by atoms with E-state index in [1.165, 1.54) is 0 Å². The summed E-state index contributed by atoms with van der Waals surface area (Å²) in [6, 6.07) is 32.3. The van der Waals surface area contributed by atoms with Crippen LogP contribution in [0.15, 0.2) is 109 Å². The molecule has 0 radical (unpaired) electrons. The van der Waals surface area contributed by atoms with Gasteiger partial charge in [0.15, 0.2) is 0 Å². The minimum atomic E-state index is 0. The van der Waals surface area contributed by atoms with Crippen molar-refractivity contribution >= 4 is 21.8 Å². The maximum Gasteiger partial charge on any atom is 0.128 e. The van der Waals surface area contributed by atoms with E-state index in [1.807, 2.05) is 79.0 Å². The summed E-state index contributed by atoms with van der Waals surface area (Å²) in [6.07, 6.45) is 3.61. The van der Waals surface area contributed by atoms with Crippen LogP contribution in [0, 0.1) is 0 Å². The van der Waals surface area contributed by atoms with Gasteiger partial charge in [0, 0.05) is 60.2 Å². The molecule has 0 saturated heterocycles. The molecule has 0 amide bonds. The van der Waals surface area contributed by atoms with Crippen molar-refractivity contribution in [1.29, 1.82) is 0 Å². The number of H-pyrrole nitrogens is 1. The molecule has 3 aromatic carbocycles. The van der Waals surface area contributed by atoms with E-state index in [9.17, 15) is 0 Å². The predicted molar refractivity (Wildman–Crippen MR) is 129 cm³/mol. The van der Waals surface area contributed by atoms with E-state index in [0.717, 1.165) is 55.8 Å². The van der Waals surface area contributed by atoms with E-state index >= 15 is 0 Å². The second kappa shape index (κ2) is 8.99. The molecule has 0 aliphatic heterocycles. The van der Waals surface area contributed by atoms with Crippen LogP contribution in [-0.4, -0.2) is 15.0 Å². The number of nitrogens with one attached hydrogen (secondary N) is 1. The second-order valence-electron chi connectivity index (χ2n) is 7.62. The zero-order valence-electron chi connectivity index (χ0n) is 17.5. The van der Waals surface area contributed by atoms with Gasteiger partial charge in [0.05, 0.1) is 16.9 Å². The molecule has 5 heteroatoms. The average molecular weight is 520 g/mol. The number of ether oxygens (including phenoxy) is 1. The fraction of sp³-hybridized carbons (Fsp3) is 0. The Labute approximate surface area is 205 Å². The van der Waals surface area contributed by atoms with Crippen molar-refractivity contribution < 1.29 is 25.2 Å². The van der Waals surface area contributed by atoms with Crippen LogP contribution in [0.2, 0.25) is 0 Å². The zero-order chi connectivity index (χ0) is 21.3. The Morgan fingerprint density at radius 3 is 2.15 bits per heavy atom. The van der Waals surface area contributed by atoms with Crippen LogP contribution in [0.3, 0.4) is 0 Å². The van der Waals surface area contributed by atoms with E-state index in [2.05, 4.69) is 39.2 Å². The zero-order valence-corrected chi connectivity index (χ0v) is 19.1. The maximum atomic E-state index is 6.36. The van der Waals surface area contributed by atoms with Gasteiger partial charge in [-0.05, 0) is 54.6 Å². The van der Waals surface area contributed by atoms with Crippen molar-refractivity contribution in [2.45, 2.75) is 0 Å². The molecule has 0 saturated carbocycles. The summed E-state index contributed by atoms with van der Waals surface area (Å²) in [5.74, 6) is 1.53. The number of hydrogen-bond donors (Lipinski definition) is 1. The maximum absolute atomic E-state index is 6.36. The average Bonchev–Trinajstić information content (AvgIpc) is 3.23. The number of aromatic nitrogens is 3. The van der Waals surface area contributed by atoms with Crippen molar-refractivity contribution in [2.75, 3.05) is 0 Å². The first-order valence-corrected chi connectivity index (χ1v) is 10.5. The first kappa shape index (κ1) is 21.1. The molecule has 1 N–H and O–H groups in total. The third kappa shape index (κ3) is 4.05. The number of aromatic amines is 1. The Bertz CT molecular complexity index is 1550. The van der Waals surface area contributed by atoms with Crippen molar-refractivity contribution in [1.82, 2.24) is 15.0 Å². The Morgan fingerprint density at radius 2 is 1.36 bits per heavy atom. The van der Waals surface area contributed by atoms with Gasteiger partial charge in [-0.3, -0.25) is 9.97 Å². The smallest absolute Gasteiger partial charge is 0.128 e. The third-order valence-corrected chi connectivity index (χ3v) is 5.56. The van der Waals surface area contributed by atoms with E-state index < -0.39 is 0 Å². The summed E-state index contributed by atoms with van der Waals surface area (Å²) in [7, 11) is 0. The Balaban J connectivity index is 0.00000228. The molecule has 0 fully saturated rings. The first-order chi connectivity index (χ1) is 15.8. The molecule has 0 atom stereocenters. The van der Waals surface area contributed by atoms with Crippen LogP contribution in [0.4, 0.5) is 0 Å².